The van der Waals surface area contributed by atoms with Crippen molar-refractivity contribution in [2.24, 2.45) is 5.73 Å². The van der Waals surface area contributed by atoms with E-state index in [1.165, 1.54) is 5.56 Å². The molecule has 1 heterocycles. The summed E-state index contributed by atoms with van der Waals surface area (Å²) in [5.41, 5.74) is 7.75. The zero-order chi connectivity index (χ0) is 13.7. The number of aromatic nitrogens is 3. The summed E-state index contributed by atoms with van der Waals surface area (Å²) in [5.74, 6) is 0.912. The fourth-order valence-electron chi connectivity index (χ4n) is 1.75. The van der Waals surface area contributed by atoms with Crippen molar-refractivity contribution in [1.82, 2.24) is 15.0 Å². The number of rotatable bonds is 6. The van der Waals surface area contributed by atoms with E-state index in [4.69, 9.17) is 10.5 Å². The molecule has 0 fully saturated rings. The number of ether oxygens (including phenoxy) is 1. The number of aryl methyl sites for hydroxylation is 2. The lowest BCUT2D eigenvalue weighted by Gasteiger charge is -2.06. The minimum Gasteiger partial charge on any atom is -0.494 e. The van der Waals surface area contributed by atoms with Crippen molar-refractivity contribution in [3.05, 3.63) is 41.7 Å². The normalized spacial score (nSPS) is 12.4. The van der Waals surface area contributed by atoms with Crippen LogP contribution in [0.25, 0.3) is 0 Å². The molecule has 19 heavy (non-hydrogen) atoms. The first kappa shape index (κ1) is 13.5. The highest BCUT2D eigenvalue weighted by Gasteiger charge is 2.04. The van der Waals surface area contributed by atoms with Crippen molar-refractivity contribution in [2.75, 3.05) is 6.61 Å². The summed E-state index contributed by atoms with van der Waals surface area (Å²) in [6.07, 6.45) is 2.77. The zero-order valence-electron chi connectivity index (χ0n) is 11.4. The number of nitrogens with two attached hydrogens (primary N) is 1. The highest BCUT2D eigenvalue weighted by atomic mass is 16.5. The Bertz CT molecular complexity index is 522. The summed E-state index contributed by atoms with van der Waals surface area (Å²) in [4.78, 5) is 0. The highest BCUT2D eigenvalue weighted by Crippen LogP contribution is 2.12. The third-order valence-corrected chi connectivity index (χ3v) is 2.81. The molecule has 2 aromatic rings. The Morgan fingerprint density at radius 2 is 2.26 bits per heavy atom. The van der Waals surface area contributed by atoms with Crippen LogP contribution < -0.4 is 10.5 Å². The van der Waals surface area contributed by atoms with Gasteiger partial charge in [-0.15, -0.1) is 5.10 Å². The summed E-state index contributed by atoms with van der Waals surface area (Å²) in [6.45, 7) is 5.40. The maximum absolute atomic E-state index is 5.73. The molecule has 0 saturated heterocycles. The van der Waals surface area contributed by atoms with Crippen molar-refractivity contribution in [3.63, 3.8) is 0 Å². The van der Waals surface area contributed by atoms with Gasteiger partial charge in [-0.1, -0.05) is 17.3 Å². The van der Waals surface area contributed by atoms with Gasteiger partial charge in [-0.25, -0.2) is 0 Å². The lowest BCUT2D eigenvalue weighted by molar-refractivity contribution is 0.298. The fourth-order valence-corrected chi connectivity index (χ4v) is 1.75. The van der Waals surface area contributed by atoms with E-state index >= 15 is 0 Å². The van der Waals surface area contributed by atoms with Crippen LogP contribution in [-0.4, -0.2) is 21.6 Å². The van der Waals surface area contributed by atoms with E-state index in [9.17, 15) is 0 Å². The van der Waals surface area contributed by atoms with Gasteiger partial charge in [-0.05, 0) is 31.5 Å². The molecule has 0 amide bonds. The largest absolute Gasteiger partial charge is 0.494 e. The monoisotopic (exact) mass is 260 g/mol. The Labute approximate surface area is 113 Å². The van der Waals surface area contributed by atoms with Crippen LogP contribution in [0.15, 0.2) is 30.5 Å². The molecule has 1 atom stereocenters. The molecule has 5 nitrogen and oxygen atoms in total. The van der Waals surface area contributed by atoms with Gasteiger partial charge < -0.3 is 10.5 Å². The van der Waals surface area contributed by atoms with E-state index < -0.39 is 0 Å². The van der Waals surface area contributed by atoms with Crippen molar-refractivity contribution in [1.29, 1.82) is 0 Å². The van der Waals surface area contributed by atoms with Crippen LogP contribution in [0.5, 0.6) is 5.75 Å². The van der Waals surface area contributed by atoms with Gasteiger partial charge in [-0.2, -0.15) is 0 Å². The number of hydrogen-bond donors (Lipinski definition) is 1. The van der Waals surface area contributed by atoms with Crippen molar-refractivity contribution in [3.8, 4) is 5.75 Å². The van der Waals surface area contributed by atoms with Crippen LogP contribution in [0.1, 0.15) is 30.6 Å². The smallest absolute Gasteiger partial charge is 0.119 e. The van der Waals surface area contributed by atoms with Crippen LogP contribution in [0, 0.1) is 6.92 Å². The lowest BCUT2D eigenvalue weighted by Crippen LogP contribution is -2.06. The topological polar surface area (TPSA) is 66.0 Å². The predicted molar refractivity (Wildman–Crippen MR) is 73.9 cm³/mol. The molecule has 1 unspecified atom stereocenters. The van der Waals surface area contributed by atoms with Gasteiger partial charge in [0.15, 0.2) is 0 Å². The van der Waals surface area contributed by atoms with Gasteiger partial charge in [0, 0.05) is 19.0 Å². The number of nitrogens with zero attached hydrogens (tertiary/aromatic N) is 3. The first-order valence-corrected chi connectivity index (χ1v) is 6.50. The number of benzene rings is 1. The molecule has 2 rings (SSSR count). The summed E-state index contributed by atoms with van der Waals surface area (Å²) in [5, 5.41) is 8.04. The molecule has 0 saturated carbocycles. The van der Waals surface area contributed by atoms with Crippen LogP contribution in [-0.2, 0) is 6.54 Å². The third kappa shape index (κ3) is 4.06. The van der Waals surface area contributed by atoms with E-state index in [0.29, 0.717) is 6.61 Å². The summed E-state index contributed by atoms with van der Waals surface area (Å²) in [7, 11) is 0. The molecule has 0 aliphatic rings. The lowest BCUT2D eigenvalue weighted by atomic mass is 10.2. The molecule has 0 radical (unpaired) electrons. The predicted octanol–water partition coefficient (Wildman–Crippen LogP) is 2.08. The Balaban J connectivity index is 1.74. The zero-order valence-corrected chi connectivity index (χ0v) is 11.4. The first-order valence-electron chi connectivity index (χ1n) is 6.50. The summed E-state index contributed by atoms with van der Waals surface area (Å²) < 4.78 is 7.48. The molecule has 0 bridgehead atoms. The second-order valence-electron chi connectivity index (χ2n) is 4.71. The third-order valence-electron chi connectivity index (χ3n) is 2.81. The van der Waals surface area contributed by atoms with E-state index in [2.05, 4.69) is 23.3 Å². The highest BCUT2D eigenvalue weighted by molar-refractivity contribution is 5.27. The van der Waals surface area contributed by atoms with E-state index in [0.717, 1.165) is 24.4 Å². The Hall–Kier alpha value is -1.88. The SMILES string of the molecule is Cc1cccc(OCCCn2cc(C(C)N)nn2)c1. The Morgan fingerprint density at radius 1 is 1.42 bits per heavy atom. The van der Waals surface area contributed by atoms with Crippen LogP contribution in [0.2, 0.25) is 0 Å². The van der Waals surface area contributed by atoms with Gasteiger partial charge >= 0.3 is 0 Å². The minimum absolute atomic E-state index is 0.0720. The molecule has 0 aliphatic heterocycles. The Kier molecular flexibility index (Phi) is 4.52. The first-order chi connectivity index (χ1) is 9.15. The summed E-state index contributed by atoms with van der Waals surface area (Å²) >= 11 is 0. The molecular formula is C14H20N4O. The average molecular weight is 260 g/mol. The van der Waals surface area contributed by atoms with E-state index in [-0.39, 0.29) is 6.04 Å². The average Bonchev–Trinajstić information content (AvgIpc) is 2.84. The Morgan fingerprint density at radius 3 is 2.95 bits per heavy atom. The van der Waals surface area contributed by atoms with Gasteiger partial charge in [0.25, 0.3) is 0 Å². The fraction of sp³-hybridized carbons (Fsp3) is 0.429. The molecular weight excluding hydrogens is 240 g/mol. The molecule has 1 aromatic carbocycles. The van der Waals surface area contributed by atoms with Crippen LogP contribution in [0.3, 0.4) is 0 Å². The van der Waals surface area contributed by atoms with E-state index in [1.807, 2.05) is 31.3 Å². The van der Waals surface area contributed by atoms with Gasteiger partial charge in [-0.3, -0.25) is 4.68 Å². The second-order valence-corrected chi connectivity index (χ2v) is 4.71. The molecule has 0 aliphatic carbocycles. The van der Waals surface area contributed by atoms with Crippen LogP contribution in [0.4, 0.5) is 0 Å². The molecule has 2 N–H and O–H groups in total. The molecule has 1 aromatic heterocycles. The van der Waals surface area contributed by atoms with Crippen LogP contribution >= 0.6 is 0 Å². The maximum atomic E-state index is 5.73. The maximum Gasteiger partial charge on any atom is 0.119 e. The second kappa shape index (κ2) is 6.33. The summed E-state index contributed by atoms with van der Waals surface area (Å²) in [6, 6.07) is 7.98. The van der Waals surface area contributed by atoms with Gasteiger partial charge in [0.2, 0.25) is 0 Å². The standard InChI is InChI=1S/C14H20N4O/c1-11-5-3-6-13(9-11)19-8-4-7-18-10-14(12(2)15)16-17-18/h3,5-6,9-10,12H,4,7-8,15H2,1-2H3. The van der Waals surface area contributed by atoms with Crippen molar-refractivity contribution in [2.45, 2.75) is 32.9 Å². The van der Waals surface area contributed by atoms with E-state index in [1.54, 1.807) is 4.68 Å². The van der Waals surface area contributed by atoms with Gasteiger partial charge in [0.1, 0.15) is 5.75 Å². The minimum atomic E-state index is -0.0720. The number of hydrogen-bond acceptors (Lipinski definition) is 4. The molecule has 5 heteroatoms. The van der Waals surface area contributed by atoms with Crippen molar-refractivity contribution >= 4 is 0 Å². The molecule has 0 spiro atoms. The molecule has 102 valence electrons. The van der Waals surface area contributed by atoms with Gasteiger partial charge in [0.05, 0.1) is 18.5 Å². The van der Waals surface area contributed by atoms with Crippen molar-refractivity contribution < 1.29 is 4.74 Å². The quantitative estimate of drug-likeness (QED) is 0.807.